The van der Waals surface area contributed by atoms with Crippen molar-refractivity contribution in [1.82, 2.24) is 9.97 Å². The summed E-state index contributed by atoms with van der Waals surface area (Å²) in [7, 11) is -0.797. The molecule has 1 heterocycles. The predicted molar refractivity (Wildman–Crippen MR) is 68.6 cm³/mol. The third-order valence-corrected chi connectivity index (χ3v) is 3.28. The SMILES string of the molecule is CCc1nc(Cl)c(C)c(NCCS(C)=O)n1. The van der Waals surface area contributed by atoms with Gasteiger partial charge in [-0.15, -0.1) is 0 Å². The molecule has 1 atom stereocenters. The third kappa shape index (κ3) is 3.72. The van der Waals surface area contributed by atoms with Crippen molar-refractivity contribution in [2.24, 2.45) is 0 Å². The number of anilines is 1. The molecule has 0 aliphatic rings. The molecule has 0 aromatic carbocycles. The minimum Gasteiger partial charge on any atom is -0.369 e. The van der Waals surface area contributed by atoms with E-state index < -0.39 is 10.8 Å². The van der Waals surface area contributed by atoms with E-state index in [-0.39, 0.29) is 0 Å². The monoisotopic (exact) mass is 261 g/mol. The average molecular weight is 262 g/mol. The Morgan fingerprint density at radius 1 is 1.44 bits per heavy atom. The van der Waals surface area contributed by atoms with Crippen LogP contribution in [0.4, 0.5) is 5.82 Å². The molecule has 90 valence electrons. The summed E-state index contributed by atoms with van der Waals surface area (Å²) in [6.45, 7) is 4.47. The fourth-order valence-electron chi connectivity index (χ4n) is 1.18. The molecule has 0 aliphatic heterocycles. The summed E-state index contributed by atoms with van der Waals surface area (Å²) >= 11 is 5.99. The standard InChI is InChI=1S/C10H16ClN3OS/c1-4-8-13-9(11)7(2)10(14-8)12-5-6-16(3)15/h4-6H2,1-3H3,(H,12,13,14). The van der Waals surface area contributed by atoms with Crippen molar-refractivity contribution < 1.29 is 4.21 Å². The van der Waals surface area contributed by atoms with E-state index in [4.69, 9.17) is 11.6 Å². The molecule has 1 rings (SSSR count). The normalized spacial score (nSPS) is 12.5. The van der Waals surface area contributed by atoms with Crippen LogP contribution in [0, 0.1) is 6.92 Å². The molecule has 1 aromatic rings. The van der Waals surface area contributed by atoms with E-state index in [9.17, 15) is 4.21 Å². The second-order valence-corrected chi connectivity index (χ2v) is 5.37. The van der Waals surface area contributed by atoms with Crippen molar-refractivity contribution in [1.29, 1.82) is 0 Å². The number of rotatable bonds is 5. The van der Waals surface area contributed by atoms with Crippen molar-refractivity contribution in [2.45, 2.75) is 20.3 Å². The van der Waals surface area contributed by atoms with Gasteiger partial charge in [0.15, 0.2) is 0 Å². The van der Waals surface area contributed by atoms with Crippen LogP contribution in [0.3, 0.4) is 0 Å². The van der Waals surface area contributed by atoms with Crippen LogP contribution >= 0.6 is 11.6 Å². The minimum absolute atomic E-state index is 0.479. The van der Waals surface area contributed by atoms with E-state index in [1.807, 2.05) is 13.8 Å². The molecule has 6 heteroatoms. The maximum Gasteiger partial charge on any atom is 0.137 e. The fourth-order valence-corrected chi connectivity index (χ4v) is 1.75. The molecule has 16 heavy (non-hydrogen) atoms. The van der Waals surface area contributed by atoms with Gasteiger partial charge in [0.2, 0.25) is 0 Å². The van der Waals surface area contributed by atoms with Crippen LogP contribution in [0.2, 0.25) is 5.15 Å². The zero-order chi connectivity index (χ0) is 12.1. The number of aromatic nitrogens is 2. The lowest BCUT2D eigenvalue weighted by molar-refractivity contribution is 0.687. The molecule has 0 amide bonds. The highest BCUT2D eigenvalue weighted by atomic mass is 35.5. The van der Waals surface area contributed by atoms with Gasteiger partial charge < -0.3 is 5.32 Å². The average Bonchev–Trinajstić information content (AvgIpc) is 2.23. The molecule has 1 aromatic heterocycles. The summed E-state index contributed by atoms with van der Waals surface area (Å²) in [5, 5.41) is 3.61. The quantitative estimate of drug-likeness (QED) is 0.821. The molecule has 0 saturated carbocycles. The molecule has 1 unspecified atom stereocenters. The minimum atomic E-state index is -0.797. The van der Waals surface area contributed by atoms with Gasteiger partial charge in [0.05, 0.1) is 0 Å². The lowest BCUT2D eigenvalue weighted by Crippen LogP contribution is -2.13. The summed E-state index contributed by atoms with van der Waals surface area (Å²) in [4.78, 5) is 8.49. The largest absolute Gasteiger partial charge is 0.369 e. The predicted octanol–water partition coefficient (Wildman–Crippen LogP) is 1.79. The van der Waals surface area contributed by atoms with E-state index in [1.165, 1.54) is 0 Å². The molecular weight excluding hydrogens is 246 g/mol. The van der Waals surface area contributed by atoms with E-state index in [1.54, 1.807) is 6.26 Å². The molecule has 0 aliphatic carbocycles. The Bertz CT molecular complexity index is 398. The maximum absolute atomic E-state index is 10.9. The van der Waals surface area contributed by atoms with Gasteiger partial charge in [-0.1, -0.05) is 18.5 Å². The van der Waals surface area contributed by atoms with Crippen molar-refractivity contribution in [3.05, 3.63) is 16.5 Å². The Hall–Kier alpha value is -0.680. The maximum atomic E-state index is 10.9. The molecule has 0 bridgehead atoms. The Balaban J connectivity index is 2.78. The second-order valence-electron chi connectivity index (χ2n) is 3.46. The highest BCUT2D eigenvalue weighted by Gasteiger charge is 2.07. The van der Waals surface area contributed by atoms with Crippen molar-refractivity contribution in [2.75, 3.05) is 23.9 Å². The second kappa shape index (κ2) is 6.15. The Morgan fingerprint density at radius 2 is 2.12 bits per heavy atom. The number of nitrogens with one attached hydrogen (secondary N) is 1. The first kappa shape index (κ1) is 13.4. The van der Waals surface area contributed by atoms with Crippen LogP contribution < -0.4 is 5.32 Å². The number of hydrogen-bond acceptors (Lipinski definition) is 4. The topological polar surface area (TPSA) is 54.9 Å². The fraction of sp³-hybridized carbons (Fsp3) is 0.600. The van der Waals surface area contributed by atoms with Crippen molar-refractivity contribution >= 4 is 28.2 Å². The van der Waals surface area contributed by atoms with E-state index in [0.717, 1.165) is 23.6 Å². The van der Waals surface area contributed by atoms with Gasteiger partial charge in [-0.3, -0.25) is 4.21 Å². The lowest BCUT2D eigenvalue weighted by Gasteiger charge is -2.10. The summed E-state index contributed by atoms with van der Waals surface area (Å²) in [6, 6.07) is 0. The summed E-state index contributed by atoms with van der Waals surface area (Å²) < 4.78 is 10.9. The Morgan fingerprint density at radius 3 is 2.69 bits per heavy atom. The van der Waals surface area contributed by atoms with Gasteiger partial charge in [0.25, 0.3) is 0 Å². The van der Waals surface area contributed by atoms with E-state index >= 15 is 0 Å². The van der Waals surface area contributed by atoms with Crippen LogP contribution in [0.25, 0.3) is 0 Å². The van der Waals surface area contributed by atoms with Gasteiger partial charge >= 0.3 is 0 Å². The summed E-state index contributed by atoms with van der Waals surface area (Å²) in [5.74, 6) is 2.06. The van der Waals surface area contributed by atoms with E-state index in [2.05, 4.69) is 15.3 Å². The lowest BCUT2D eigenvalue weighted by atomic mass is 10.3. The Kier molecular flexibility index (Phi) is 5.15. The summed E-state index contributed by atoms with van der Waals surface area (Å²) in [5.41, 5.74) is 0.834. The third-order valence-electron chi connectivity index (χ3n) is 2.13. The van der Waals surface area contributed by atoms with Crippen molar-refractivity contribution in [3.63, 3.8) is 0 Å². The first-order valence-corrected chi connectivity index (χ1v) is 7.22. The first-order chi connectivity index (χ1) is 7.54. The number of halogens is 1. The Labute approximate surface area is 103 Å². The molecule has 0 saturated heterocycles. The van der Waals surface area contributed by atoms with Gasteiger partial charge in [-0.2, -0.15) is 0 Å². The first-order valence-electron chi connectivity index (χ1n) is 5.11. The van der Waals surface area contributed by atoms with Crippen LogP contribution in [-0.4, -0.2) is 32.7 Å². The van der Waals surface area contributed by atoms with Crippen molar-refractivity contribution in [3.8, 4) is 0 Å². The molecule has 1 N–H and O–H groups in total. The number of hydrogen-bond donors (Lipinski definition) is 1. The zero-order valence-electron chi connectivity index (χ0n) is 9.71. The smallest absolute Gasteiger partial charge is 0.137 e. The number of nitrogens with zero attached hydrogens (tertiary/aromatic N) is 2. The van der Waals surface area contributed by atoms with Gasteiger partial charge in [-0.25, -0.2) is 9.97 Å². The van der Waals surface area contributed by atoms with Crippen LogP contribution in [0.15, 0.2) is 0 Å². The molecular formula is C10H16ClN3OS. The van der Waals surface area contributed by atoms with Gasteiger partial charge in [-0.05, 0) is 6.92 Å². The van der Waals surface area contributed by atoms with Crippen LogP contribution in [0.1, 0.15) is 18.3 Å². The van der Waals surface area contributed by atoms with Gasteiger partial charge in [0.1, 0.15) is 16.8 Å². The highest BCUT2D eigenvalue weighted by molar-refractivity contribution is 7.84. The van der Waals surface area contributed by atoms with E-state index in [0.29, 0.717) is 17.5 Å². The molecule has 0 radical (unpaired) electrons. The zero-order valence-corrected chi connectivity index (χ0v) is 11.3. The summed E-state index contributed by atoms with van der Waals surface area (Å²) in [6.07, 6.45) is 2.42. The van der Waals surface area contributed by atoms with Crippen LogP contribution in [-0.2, 0) is 17.2 Å². The molecule has 4 nitrogen and oxygen atoms in total. The van der Waals surface area contributed by atoms with Crippen LogP contribution in [0.5, 0.6) is 0 Å². The molecule has 0 spiro atoms. The van der Waals surface area contributed by atoms with Gasteiger partial charge in [0, 0.05) is 41.3 Å². The molecule has 0 fully saturated rings. The highest BCUT2D eigenvalue weighted by Crippen LogP contribution is 2.19. The number of aryl methyl sites for hydroxylation is 1.